The molecule has 1 aromatic carbocycles. The molecule has 0 spiro atoms. The Balaban J connectivity index is 1.94. The zero-order valence-corrected chi connectivity index (χ0v) is 18.0. The van der Waals surface area contributed by atoms with Gasteiger partial charge in [-0.25, -0.2) is 14.3 Å². The molecule has 28 heavy (non-hydrogen) atoms. The lowest BCUT2D eigenvalue weighted by Gasteiger charge is -2.26. The van der Waals surface area contributed by atoms with E-state index in [0.29, 0.717) is 23.6 Å². The van der Waals surface area contributed by atoms with Crippen molar-refractivity contribution in [1.29, 1.82) is 0 Å². The van der Waals surface area contributed by atoms with Gasteiger partial charge in [-0.1, -0.05) is 35.0 Å². The van der Waals surface area contributed by atoms with Gasteiger partial charge in [-0.2, -0.15) is 0 Å². The van der Waals surface area contributed by atoms with Gasteiger partial charge in [0.15, 0.2) is 0 Å². The number of nitrogens with one attached hydrogen (secondary N) is 1. The van der Waals surface area contributed by atoms with Gasteiger partial charge in [-0.05, 0) is 36.5 Å². The Morgan fingerprint density at radius 1 is 1.18 bits per heavy atom. The van der Waals surface area contributed by atoms with E-state index < -0.39 is 0 Å². The highest BCUT2D eigenvalue weighted by Crippen LogP contribution is 2.22. The van der Waals surface area contributed by atoms with Crippen molar-refractivity contribution in [2.45, 2.75) is 26.3 Å². The van der Waals surface area contributed by atoms with Crippen molar-refractivity contribution in [2.75, 3.05) is 18.0 Å². The third-order valence-corrected chi connectivity index (χ3v) is 6.20. The smallest absolute Gasteiger partial charge is 0.267 e. The van der Waals surface area contributed by atoms with Crippen molar-refractivity contribution in [3.63, 3.8) is 0 Å². The van der Waals surface area contributed by atoms with Gasteiger partial charge in [-0.3, -0.25) is 18.8 Å². The summed E-state index contributed by atoms with van der Waals surface area (Å²) in [4.78, 5) is 31.1. The molecule has 8 heteroatoms. The summed E-state index contributed by atoms with van der Waals surface area (Å²) in [6.45, 7) is 4.69. The number of fused-ring (bicyclic) bond motifs is 1. The lowest BCUT2D eigenvalue weighted by molar-refractivity contribution is -0.650. The first-order chi connectivity index (χ1) is 13.4. The Labute approximate surface area is 171 Å². The highest BCUT2D eigenvalue weighted by Gasteiger charge is 2.31. The zero-order valence-electron chi connectivity index (χ0n) is 16.4. The number of H-pyrrole nitrogens is 1. The molecule has 1 N–H and O–H groups in total. The van der Waals surface area contributed by atoms with E-state index in [1.54, 1.807) is 7.05 Å². The Morgan fingerprint density at radius 3 is 2.57 bits per heavy atom. The van der Waals surface area contributed by atoms with E-state index in [1.807, 2.05) is 22.8 Å². The number of aromatic nitrogens is 4. The molecule has 2 aromatic heterocycles. The molecule has 4 rings (SSSR count). The van der Waals surface area contributed by atoms with Crippen LogP contribution < -0.4 is 20.7 Å². The summed E-state index contributed by atoms with van der Waals surface area (Å²) >= 11 is 3.53. The molecule has 0 bridgehead atoms. The molecular formula is C20H25BrN5O2+. The Hall–Kier alpha value is -2.35. The molecule has 1 saturated heterocycles. The van der Waals surface area contributed by atoms with E-state index >= 15 is 0 Å². The second-order valence-corrected chi connectivity index (χ2v) is 8.65. The second-order valence-electron chi connectivity index (χ2n) is 7.74. The van der Waals surface area contributed by atoms with Crippen LogP contribution in [-0.4, -0.2) is 27.2 Å². The molecule has 1 fully saturated rings. The van der Waals surface area contributed by atoms with E-state index in [9.17, 15) is 9.59 Å². The molecule has 7 nitrogen and oxygen atoms in total. The fourth-order valence-electron chi connectivity index (χ4n) is 3.93. The van der Waals surface area contributed by atoms with Crippen molar-refractivity contribution < 1.29 is 4.57 Å². The Kier molecular flexibility index (Phi) is 4.91. The minimum atomic E-state index is -0.327. The number of aryl methyl sites for hydroxylation is 1. The average molecular weight is 447 g/mol. The van der Waals surface area contributed by atoms with Crippen LogP contribution in [-0.2, 0) is 20.6 Å². The molecule has 0 saturated carbocycles. The molecule has 0 amide bonds. The van der Waals surface area contributed by atoms with Crippen LogP contribution >= 0.6 is 15.9 Å². The second kappa shape index (κ2) is 7.24. The van der Waals surface area contributed by atoms with Gasteiger partial charge in [0.05, 0.1) is 19.6 Å². The van der Waals surface area contributed by atoms with Gasteiger partial charge in [0.2, 0.25) is 11.2 Å². The number of benzene rings is 1. The van der Waals surface area contributed by atoms with E-state index in [2.05, 4.69) is 38.8 Å². The zero-order chi connectivity index (χ0) is 20.0. The van der Waals surface area contributed by atoms with Crippen LogP contribution in [0.5, 0.6) is 0 Å². The molecule has 0 atom stereocenters. The SMILES string of the molecule is CC1CCN(c2[nH]c3c(c(=O)n(C)c(=O)n3C)[n+]2Cc2cccc(Br)c2)CC1. The largest absolute Gasteiger partial charge is 0.359 e. The lowest BCUT2D eigenvalue weighted by Crippen LogP contribution is -2.48. The Bertz CT molecular complexity index is 1150. The Morgan fingerprint density at radius 2 is 1.89 bits per heavy atom. The summed E-state index contributed by atoms with van der Waals surface area (Å²) in [5, 5.41) is 0. The molecule has 0 aliphatic carbocycles. The molecule has 1 aliphatic heterocycles. The van der Waals surface area contributed by atoms with Crippen LogP contribution in [0.4, 0.5) is 5.95 Å². The molecule has 3 aromatic rings. The van der Waals surface area contributed by atoms with Crippen molar-refractivity contribution in [3.8, 4) is 0 Å². The van der Waals surface area contributed by atoms with Gasteiger partial charge in [0, 0.05) is 18.6 Å². The number of hydrogen-bond acceptors (Lipinski definition) is 3. The summed E-state index contributed by atoms with van der Waals surface area (Å²) in [6.07, 6.45) is 2.23. The lowest BCUT2D eigenvalue weighted by atomic mass is 10.00. The average Bonchev–Trinajstić information content (AvgIpc) is 3.04. The summed E-state index contributed by atoms with van der Waals surface area (Å²) in [7, 11) is 3.23. The third kappa shape index (κ3) is 3.19. The minimum absolute atomic E-state index is 0.277. The first-order valence-electron chi connectivity index (χ1n) is 9.57. The van der Waals surface area contributed by atoms with Crippen LogP contribution in [0.2, 0.25) is 0 Å². The predicted octanol–water partition coefficient (Wildman–Crippen LogP) is 1.90. The highest BCUT2D eigenvalue weighted by molar-refractivity contribution is 9.10. The number of imidazole rings is 1. The van der Waals surface area contributed by atoms with E-state index in [4.69, 9.17) is 0 Å². The minimum Gasteiger partial charge on any atom is -0.267 e. The topological polar surface area (TPSA) is 66.9 Å². The van der Waals surface area contributed by atoms with Crippen LogP contribution in [0.15, 0.2) is 38.3 Å². The number of nitrogens with zero attached hydrogens (tertiary/aromatic N) is 4. The van der Waals surface area contributed by atoms with Crippen molar-refractivity contribution >= 4 is 33.0 Å². The monoisotopic (exact) mass is 446 g/mol. The summed E-state index contributed by atoms with van der Waals surface area (Å²) in [5.74, 6) is 1.59. The summed E-state index contributed by atoms with van der Waals surface area (Å²) in [6, 6.07) is 8.08. The van der Waals surface area contributed by atoms with Gasteiger partial charge in [0.1, 0.15) is 0 Å². The predicted molar refractivity (Wildman–Crippen MR) is 113 cm³/mol. The normalized spacial score (nSPS) is 15.5. The number of hydrogen-bond donors (Lipinski definition) is 1. The fraction of sp³-hybridized carbons (Fsp3) is 0.450. The first kappa shape index (κ1) is 19.0. The van der Waals surface area contributed by atoms with Crippen molar-refractivity contribution in [3.05, 3.63) is 55.1 Å². The molecule has 0 radical (unpaired) electrons. The van der Waals surface area contributed by atoms with E-state index in [-0.39, 0.29) is 11.2 Å². The maximum Gasteiger partial charge on any atom is 0.359 e. The maximum atomic E-state index is 13.0. The van der Waals surface area contributed by atoms with Crippen LogP contribution in [0.3, 0.4) is 0 Å². The number of piperidine rings is 1. The maximum absolute atomic E-state index is 13.0. The van der Waals surface area contributed by atoms with Gasteiger partial charge in [0.25, 0.3) is 5.56 Å². The standard InChI is InChI=1S/C20H24BrN5O2/c1-13-7-9-25(10-8-13)19-22-17-16(18(27)24(3)20(28)23(17)2)26(19)12-14-5-4-6-15(21)11-14/h4-6,11,13H,7-10,12H2,1-3H3/p+1. The molecule has 0 unspecified atom stereocenters. The van der Waals surface area contributed by atoms with Crippen LogP contribution in [0.1, 0.15) is 25.3 Å². The molecule has 3 heterocycles. The number of rotatable bonds is 3. The number of halogens is 1. The third-order valence-electron chi connectivity index (χ3n) is 5.71. The fourth-order valence-corrected chi connectivity index (χ4v) is 4.38. The van der Waals surface area contributed by atoms with Gasteiger partial charge >= 0.3 is 11.6 Å². The van der Waals surface area contributed by atoms with Crippen molar-refractivity contribution in [1.82, 2.24) is 14.1 Å². The number of anilines is 1. The van der Waals surface area contributed by atoms with E-state index in [1.165, 1.54) is 16.2 Å². The number of aromatic amines is 1. The molecular weight excluding hydrogens is 422 g/mol. The molecule has 148 valence electrons. The van der Waals surface area contributed by atoms with Crippen LogP contribution in [0.25, 0.3) is 11.2 Å². The summed E-state index contributed by atoms with van der Waals surface area (Å²) < 4.78 is 5.72. The van der Waals surface area contributed by atoms with Gasteiger partial charge < -0.3 is 0 Å². The van der Waals surface area contributed by atoms with Crippen LogP contribution in [0, 0.1) is 5.92 Å². The first-order valence-corrected chi connectivity index (χ1v) is 10.4. The summed E-state index contributed by atoms with van der Waals surface area (Å²) in [5.41, 5.74) is 1.57. The van der Waals surface area contributed by atoms with E-state index in [0.717, 1.165) is 41.9 Å². The van der Waals surface area contributed by atoms with Crippen molar-refractivity contribution in [2.24, 2.45) is 20.0 Å². The highest BCUT2D eigenvalue weighted by atomic mass is 79.9. The molecule has 1 aliphatic rings. The quantitative estimate of drug-likeness (QED) is 0.624. The van der Waals surface area contributed by atoms with Gasteiger partial charge in [-0.15, -0.1) is 0 Å².